The van der Waals surface area contributed by atoms with Gasteiger partial charge >= 0.3 is 0 Å². The molecule has 0 fully saturated rings. The van der Waals surface area contributed by atoms with Gasteiger partial charge in [-0.2, -0.15) is 0 Å². The van der Waals surface area contributed by atoms with Gasteiger partial charge in [0.25, 0.3) is 0 Å². The molecule has 142 valence electrons. The highest BCUT2D eigenvalue weighted by Gasteiger charge is 2.16. The Bertz CT molecular complexity index is 645. The molecular weight excluding hydrogens is 371 g/mol. The van der Waals surface area contributed by atoms with E-state index in [1.54, 1.807) is 30.7 Å². The highest BCUT2D eigenvalue weighted by atomic mass is 35.5. The zero-order chi connectivity index (χ0) is 19.2. The second kappa shape index (κ2) is 13.6. The van der Waals surface area contributed by atoms with Crippen LogP contribution in [-0.2, 0) is 16.1 Å². The average Bonchev–Trinajstić information content (AvgIpc) is 3.13. The molecule has 0 radical (unpaired) electrons. The number of aromatic nitrogens is 2. The van der Waals surface area contributed by atoms with Crippen molar-refractivity contribution in [1.29, 1.82) is 0 Å². The van der Waals surface area contributed by atoms with Crippen molar-refractivity contribution < 1.29 is 9.53 Å². The van der Waals surface area contributed by atoms with Crippen LogP contribution in [0.5, 0.6) is 0 Å². The van der Waals surface area contributed by atoms with E-state index in [-0.39, 0.29) is 6.10 Å². The molecule has 0 aliphatic carbocycles. The first kappa shape index (κ1) is 22.4. The number of ether oxygens (including phenoxy) is 1. The second-order valence-corrected chi connectivity index (χ2v) is 6.54. The molecule has 1 aromatic carbocycles. The summed E-state index contributed by atoms with van der Waals surface area (Å²) < 4.78 is 7.72. The van der Waals surface area contributed by atoms with Gasteiger partial charge < -0.3 is 14.1 Å². The molecule has 26 heavy (non-hydrogen) atoms. The number of imidazole rings is 1. The first-order valence-corrected chi connectivity index (χ1v) is 9.44. The van der Waals surface area contributed by atoms with Gasteiger partial charge in [-0.3, -0.25) is 0 Å². The molecule has 1 heterocycles. The van der Waals surface area contributed by atoms with Crippen LogP contribution in [0.15, 0.2) is 49.6 Å². The van der Waals surface area contributed by atoms with Crippen molar-refractivity contribution in [3.8, 4) is 0 Å². The van der Waals surface area contributed by atoms with E-state index < -0.39 is 0 Å². The van der Waals surface area contributed by atoms with Crippen LogP contribution in [0.2, 0.25) is 10.0 Å². The maximum Gasteiger partial charge on any atom is 0.119 e. The number of halogens is 2. The van der Waals surface area contributed by atoms with Crippen molar-refractivity contribution in [1.82, 2.24) is 9.55 Å². The Morgan fingerprint density at radius 1 is 1.35 bits per heavy atom. The molecule has 2 rings (SSSR count). The Morgan fingerprint density at radius 2 is 2.15 bits per heavy atom. The zero-order valence-electron chi connectivity index (χ0n) is 15.1. The summed E-state index contributed by atoms with van der Waals surface area (Å²) in [6.45, 7) is 6.88. The summed E-state index contributed by atoms with van der Waals surface area (Å²) in [5, 5.41) is 1.21. The van der Waals surface area contributed by atoms with Crippen molar-refractivity contribution in [3.05, 3.63) is 65.2 Å². The molecule has 6 heteroatoms. The molecule has 1 atom stereocenters. The molecule has 0 aliphatic heterocycles. The molecule has 2 aromatic rings. The minimum absolute atomic E-state index is 0.169. The molecule has 4 nitrogen and oxygen atoms in total. The van der Waals surface area contributed by atoms with E-state index in [4.69, 9.17) is 27.9 Å². The van der Waals surface area contributed by atoms with Gasteiger partial charge in [-0.05, 0) is 18.6 Å². The van der Waals surface area contributed by atoms with Crippen LogP contribution in [0, 0.1) is 0 Å². The lowest BCUT2D eigenvalue weighted by Gasteiger charge is -2.19. The lowest BCUT2D eigenvalue weighted by atomic mass is 10.1. The maximum atomic E-state index is 9.68. The predicted octanol–water partition coefficient (Wildman–Crippen LogP) is 5.90. The van der Waals surface area contributed by atoms with Crippen molar-refractivity contribution >= 4 is 29.5 Å². The third-order valence-corrected chi connectivity index (χ3v) is 4.15. The van der Waals surface area contributed by atoms with Gasteiger partial charge in [0, 0.05) is 34.4 Å². The smallest absolute Gasteiger partial charge is 0.119 e. The summed E-state index contributed by atoms with van der Waals surface area (Å²) in [7, 11) is 0. The SMILES string of the molecule is C=CCOC(Cn1ccnc1)c1ccc(Cl)cc1Cl.CCCCCC=O. The predicted molar refractivity (Wildman–Crippen MR) is 108 cm³/mol. The standard InChI is InChI=1S/C14H14Cl2N2O.C6H12O/c1-2-7-19-14(9-18-6-5-17-10-18)12-4-3-11(15)8-13(12)16;1-2-3-4-5-6-7/h2-6,8,10,14H,1,7,9H2;6H,2-5H2,1H3. The van der Waals surface area contributed by atoms with Crippen LogP contribution in [0.25, 0.3) is 0 Å². The fraction of sp³-hybridized carbons (Fsp3) is 0.400. The molecule has 0 bridgehead atoms. The number of carbonyl (C=O) groups excluding carboxylic acids is 1. The molecular formula is C20H26Cl2N2O2. The Morgan fingerprint density at radius 3 is 2.73 bits per heavy atom. The Balaban J connectivity index is 0.000000412. The van der Waals surface area contributed by atoms with Crippen molar-refractivity contribution in [2.45, 2.75) is 45.3 Å². The third kappa shape index (κ3) is 8.65. The quantitative estimate of drug-likeness (QED) is 0.285. The molecule has 0 aliphatic rings. The Kier molecular flexibility index (Phi) is 11.7. The average molecular weight is 397 g/mol. The van der Waals surface area contributed by atoms with E-state index in [0.29, 0.717) is 23.2 Å². The van der Waals surface area contributed by atoms with Crippen LogP contribution in [0.4, 0.5) is 0 Å². The van der Waals surface area contributed by atoms with Gasteiger partial charge in [-0.15, -0.1) is 6.58 Å². The zero-order valence-corrected chi connectivity index (χ0v) is 16.6. The van der Waals surface area contributed by atoms with E-state index in [1.807, 2.05) is 16.8 Å². The van der Waals surface area contributed by atoms with Crippen LogP contribution in [-0.4, -0.2) is 22.4 Å². The number of nitrogens with zero attached hydrogens (tertiary/aromatic N) is 2. The van der Waals surface area contributed by atoms with E-state index in [1.165, 1.54) is 12.8 Å². The van der Waals surface area contributed by atoms with Gasteiger partial charge in [0.2, 0.25) is 0 Å². The van der Waals surface area contributed by atoms with Crippen LogP contribution < -0.4 is 0 Å². The van der Waals surface area contributed by atoms with Gasteiger partial charge in [0.1, 0.15) is 12.4 Å². The van der Waals surface area contributed by atoms with Gasteiger partial charge in [0.15, 0.2) is 0 Å². The highest BCUT2D eigenvalue weighted by Crippen LogP contribution is 2.29. The highest BCUT2D eigenvalue weighted by molar-refractivity contribution is 6.35. The van der Waals surface area contributed by atoms with Crippen molar-refractivity contribution in [2.75, 3.05) is 6.61 Å². The third-order valence-electron chi connectivity index (χ3n) is 3.59. The lowest BCUT2D eigenvalue weighted by molar-refractivity contribution is -0.107. The van der Waals surface area contributed by atoms with Crippen LogP contribution in [0.1, 0.15) is 44.3 Å². The summed E-state index contributed by atoms with van der Waals surface area (Å²) in [4.78, 5) is 13.7. The van der Waals surface area contributed by atoms with Crippen molar-refractivity contribution in [3.63, 3.8) is 0 Å². The molecule has 0 amide bonds. The normalized spacial score (nSPS) is 11.3. The van der Waals surface area contributed by atoms with Crippen LogP contribution in [0.3, 0.4) is 0 Å². The van der Waals surface area contributed by atoms with Crippen LogP contribution >= 0.6 is 23.2 Å². The number of carbonyl (C=O) groups is 1. The van der Waals surface area contributed by atoms with Gasteiger partial charge in [-0.1, -0.05) is 55.1 Å². The number of hydrogen-bond acceptors (Lipinski definition) is 3. The first-order valence-electron chi connectivity index (χ1n) is 8.69. The van der Waals surface area contributed by atoms with E-state index >= 15 is 0 Å². The topological polar surface area (TPSA) is 44.1 Å². The minimum atomic E-state index is -0.169. The second-order valence-electron chi connectivity index (χ2n) is 5.70. The number of unbranched alkanes of at least 4 members (excludes halogenated alkanes) is 3. The largest absolute Gasteiger partial charge is 0.368 e. The maximum absolute atomic E-state index is 9.68. The number of benzene rings is 1. The summed E-state index contributed by atoms with van der Waals surface area (Å²) in [6, 6.07) is 5.41. The Labute approximate surface area is 165 Å². The van der Waals surface area contributed by atoms with Crippen molar-refractivity contribution in [2.24, 2.45) is 0 Å². The molecule has 0 spiro atoms. The fourth-order valence-electron chi connectivity index (χ4n) is 2.25. The number of rotatable bonds is 10. The van der Waals surface area contributed by atoms with E-state index in [2.05, 4.69) is 18.5 Å². The monoisotopic (exact) mass is 396 g/mol. The molecule has 1 unspecified atom stereocenters. The molecule has 1 aromatic heterocycles. The van der Waals surface area contributed by atoms with E-state index in [0.717, 1.165) is 24.7 Å². The summed E-state index contributed by atoms with van der Waals surface area (Å²) in [5.74, 6) is 0. The minimum Gasteiger partial charge on any atom is -0.368 e. The Hall–Kier alpha value is -1.62. The van der Waals surface area contributed by atoms with E-state index in [9.17, 15) is 4.79 Å². The number of hydrogen-bond donors (Lipinski definition) is 0. The molecule has 0 N–H and O–H groups in total. The van der Waals surface area contributed by atoms with Gasteiger partial charge in [-0.25, -0.2) is 4.98 Å². The first-order chi connectivity index (χ1) is 12.6. The molecule has 0 saturated carbocycles. The summed E-state index contributed by atoms with van der Waals surface area (Å²) in [6.07, 6.45) is 12.1. The summed E-state index contributed by atoms with van der Waals surface area (Å²) in [5.41, 5.74) is 0.904. The molecule has 0 saturated heterocycles. The lowest BCUT2D eigenvalue weighted by Crippen LogP contribution is -2.12. The number of aldehydes is 1. The summed E-state index contributed by atoms with van der Waals surface area (Å²) >= 11 is 12.1. The van der Waals surface area contributed by atoms with Gasteiger partial charge in [0.05, 0.1) is 19.5 Å². The fourth-order valence-corrected chi connectivity index (χ4v) is 2.78.